The average molecular weight is 114 g/mol. The first-order chi connectivity index (χ1) is 3.56. The number of rotatable bonds is 1. The van der Waals surface area contributed by atoms with Crippen LogP contribution in [0, 0.1) is 11.5 Å². The molecule has 0 heterocycles. The highest BCUT2D eigenvalue weighted by Crippen LogP contribution is 2.02. The van der Waals surface area contributed by atoms with Crippen molar-refractivity contribution in [2.75, 3.05) is 0 Å². The van der Waals surface area contributed by atoms with Gasteiger partial charge < -0.3 is 0 Å². The van der Waals surface area contributed by atoms with Crippen LogP contribution in [-0.2, 0) is 4.84 Å². The van der Waals surface area contributed by atoms with Gasteiger partial charge in [0.1, 0.15) is 0 Å². The Labute approximate surface area is 49.2 Å². The summed E-state index contributed by atoms with van der Waals surface area (Å²) in [4.78, 5) is 4.77. The van der Waals surface area contributed by atoms with Crippen molar-refractivity contribution in [3.8, 4) is 6.19 Å². The van der Waals surface area contributed by atoms with Crippen molar-refractivity contribution in [3.05, 3.63) is 0 Å². The number of nitrogens with zero attached hydrogens (tertiary/aromatic N) is 1. The molecular weight excluding hydrogens is 104 g/mol. The van der Waals surface area contributed by atoms with E-state index in [1.165, 1.54) is 0 Å². The van der Waals surface area contributed by atoms with Crippen molar-refractivity contribution in [1.82, 2.24) is 5.48 Å². The van der Waals surface area contributed by atoms with E-state index in [1.807, 2.05) is 20.8 Å². The molecule has 0 aromatic heterocycles. The molecule has 0 amide bonds. The van der Waals surface area contributed by atoms with Crippen molar-refractivity contribution in [2.24, 2.45) is 0 Å². The number of nitriles is 1. The molecule has 0 fully saturated rings. The minimum Gasteiger partial charge on any atom is -0.261 e. The Hall–Kier alpha value is -0.750. The van der Waals surface area contributed by atoms with Gasteiger partial charge in [0.2, 0.25) is 6.19 Å². The first-order valence-electron chi connectivity index (χ1n) is 2.38. The van der Waals surface area contributed by atoms with Crippen LogP contribution in [0.1, 0.15) is 20.8 Å². The van der Waals surface area contributed by atoms with E-state index < -0.39 is 0 Å². The van der Waals surface area contributed by atoms with Gasteiger partial charge in [-0.2, -0.15) is 5.26 Å². The molecule has 8 heavy (non-hydrogen) atoms. The minimum atomic E-state index is -0.282. The predicted octanol–water partition coefficient (Wildman–Crippen LogP) is 0.787. The lowest BCUT2D eigenvalue weighted by Gasteiger charge is -2.15. The Bertz CT molecular complexity index is 98.0. The number of hydrogen-bond acceptors (Lipinski definition) is 3. The van der Waals surface area contributed by atoms with E-state index >= 15 is 0 Å². The van der Waals surface area contributed by atoms with Crippen molar-refractivity contribution >= 4 is 0 Å². The third-order valence-corrected chi connectivity index (χ3v) is 0.403. The van der Waals surface area contributed by atoms with Crippen LogP contribution in [0.5, 0.6) is 0 Å². The van der Waals surface area contributed by atoms with Gasteiger partial charge in [0, 0.05) is 0 Å². The van der Waals surface area contributed by atoms with Crippen LogP contribution in [0.4, 0.5) is 0 Å². The minimum absolute atomic E-state index is 0.282. The smallest absolute Gasteiger partial charge is 0.202 e. The van der Waals surface area contributed by atoms with Crippen LogP contribution in [0.3, 0.4) is 0 Å². The second kappa shape index (κ2) is 2.53. The molecule has 0 unspecified atom stereocenters. The van der Waals surface area contributed by atoms with E-state index in [0.717, 1.165) is 0 Å². The molecule has 3 nitrogen and oxygen atoms in total. The van der Waals surface area contributed by atoms with E-state index in [4.69, 9.17) is 10.1 Å². The largest absolute Gasteiger partial charge is 0.261 e. The molecule has 0 rings (SSSR count). The van der Waals surface area contributed by atoms with Crippen molar-refractivity contribution in [1.29, 1.82) is 5.26 Å². The van der Waals surface area contributed by atoms with Crippen molar-refractivity contribution in [3.63, 3.8) is 0 Å². The third kappa shape index (κ3) is 5.25. The normalized spacial score (nSPS) is 10.2. The first kappa shape index (κ1) is 7.25. The van der Waals surface area contributed by atoms with Gasteiger partial charge in [-0.15, -0.1) is 0 Å². The van der Waals surface area contributed by atoms with Crippen LogP contribution in [0.15, 0.2) is 0 Å². The number of nitrogens with one attached hydrogen (secondary N) is 1. The summed E-state index contributed by atoms with van der Waals surface area (Å²) in [5.41, 5.74) is 1.81. The summed E-state index contributed by atoms with van der Waals surface area (Å²) in [5.74, 6) is 0. The lowest BCUT2D eigenvalue weighted by atomic mass is 10.2. The second-order valence-electron chi connectivity index (χ2n) is 2.43. The molecule has 0 saturated carbocycles. The van der Waals surface area contributed by atoms with E-state index in [9.17, 15) is 0 Å². The lowest BCUT2D eigenvalue weighted by Crippen LogP contribution is -2.25. The fourth-order valence-corrected chi connectivity index (χ4v) is 0.176. The number of hydrogen-bond donors (Lipinski definition) is 1. The average Bonchev–Trinajstić information content (AvgIpc) is 1.59. The highest BCUT2D eigenvalue weighted by atomic mass is 16.7. The molecule has 0 saturated heterocycles. The van der Waals surface area contributed by atoms with Gasteiger partial charge in [0.05, 0.1) is 5.60 Å². The molecule has 0 atom stereocenters. The molecule has 0 aliphatic carbocycles. The van der Waals surface area contributed by atoms with Crippen LogP contribution in [0.2, 0.25) is 0 Å². The first-order valence-corrected chi connectivity index (χ1v) is 2.38. The standard InChI is InChI=1S/C5H10N2O/c1-5(2,3)8-7-4-6/h7H,1-3H3. The zero-order valence-corrected chi connectivity index (χ0v) is 5.36. The Morgan fingerprint density at radius 3 is 2.12 bits per heavy atom. The van der Waals surface area contributed by atoms with Gasteiger partial charge in [-0.05, 0) is 20.8 Å². The molecule has 0 aliphatic heterocycles. The molecule has 0 aromatic carbocycles. The molecule has 1 N–H and O–H groups in total. The molecule has 0 spiro atoms. The maximum Gasteiger partial charge on any atom is 0.202 e. The van der Waals surface area contributed by atoms with E-state index in [1.54, 1.807) is 6.19 Å². The maximum absolute atomic E-state index is 7.94. The van der Waals surface area contributed by atoms with Crippen molar-refractivity contribution < 1.29 is 4.84 Å². The third-order valence-electron chi connectivity index (χ3n) is 0.403. The van der Waals surface area contributed by atoms with Crippen LogP contribution >= 0.6 is 0 Å². The molecule has 0 radical (unpaired) electrons. The van der Waals surface area contributed by atoms with Gasteiger partial charge in [0.15, 0.2) is 0 Å². The van der Waals surface area contributed by atoms with Gasteiger partial charge >= 0.3 is 0 Å². The highest BCUT2D eigenvalue weighted by molar-refractivity contribution is 4.61. The SMILES string of the molecule is CC(C)(C)ONC#N. The Kier molecular flexibility index (Phi) is 2.29. The van der Waals surface area contributed by atoms with Crippen LogP contribution < -0.4 is 5.48 Å². The van der Waals surface area contributed by atoms with Gasteiger partial charge in [-0.1, -0.05) is 0 Å². The number of hydroxylamine groups is 1. The molecular formula is C5H10N2O. The molecule has 3 heteroatoms. The summed E-state index contributed by atoms with van der Waals surface area (Å²) >= 11 is 0. The summed E-state index contributed by atoms with van der Waals surface area (Å²) in [6.07, 6.45) is 1.65. The fourth-order valence-electron chi connectivity index (χ4n) is 0.176. The zero-order chi connectivity index (χ0) is 6.62. The van der Waals surface area contributed by atoms with Crippen LogP contribution in [-0.4, -0.2) is 5.60 Å². The second-order valence-corrected chi connectivity index (χ2v) is 2.43. The Morgan fingerprint density at radius 2 is 2.00 bits per heavy atom. The molecule has 46 valence electrons. The lowest BCUT2D eigenvalue weighted by molar-refractivity contribution is -0.0483. The van der Waals surface area contributed by atoms with Gasteiger partial charge in [0.25, 0.3) is 0 Å². The predicted molar refractivity (Wildman–Crippen MR) is 29.6 cm³/mol. The van der Waals surface area contributed by atoms with Crippen molar-refractivity contribution in [2.45, 2.75) is 26.4 Å². The maximum atomic E-state index is 7.94. The van der Waals surface area contributed by atoms with Gasteiger partial charge in [-0.3, -0.25) is 4.84 Å². The fraction of sp³-hybridized carbons (Fsp3) is 0.800. The quantitative estimate of drug-likeness (QED) is 0.311. The molecule has 0 aromatic rings. The summed E-state index contributed by atoms with van der Waals surface area (Å²) in [6.45, 7) is 5.58. The van der Waals surface area contributed by atoms with E-state index in [2.05, 4.69) is 5.48 Å². The van der Waals surface area contributed by atoms with E-state index in [0.29, 0.717) is 0 Å². The molecule has 0 aliphatic rings. The molecule has 0 bridgehead atoms. The summed E-state index contributed by atoms with van der Waals surface area (Å²) < 4.78 is 0. The summed E-state index contributed by atoms with van der Waals surface area (Å²) in [6, 6.07) is 0. The van der Waals surface area contributed by atoms with E-state index in [-0.39, 0.29) is 5.60 Å². The highest BCUT2D eigenvalue weighted by Gasteiger charge is 2.08. The summed E-state index contributed by atoms with van der Waals surface area (Å²) in [7, 11) is 0. The zero-order valence-electron chi connectivity index (χ0n) is 5.36. The van der Waals surface area contributed by atoms with Crippen LogP contribution in [0.25, 0.3) is 0 Å². The topological polar surface area (TPSA) is 45.0 Å². The summed E-state index contributed by atoms with van der Waals surface area (Å²) in [5, 5.41) is 7.94. The Balaban J connectivity index is 3.28. The Morgan fingerprint density at radius 1 is 1.50 bits per heavy atom. The monoisotopic (exact) mass is 114 g/mol. The van der Waals surface area contributed by atoms with Gasteiger partial charge in [-0.25, -0.2) is 5.48 Å².